The van der Waals surface area contributed by atoms with Crippen molar-refractivity contribution >= 4 is 33.9 Å². The van der Waals surface area contributed by atoms with E-state index in [-0.39, 0.29) is 11.4 Å². The van der Waals surface area contributed by atoms with Crippen LogP contribution in [-0.2, 0) is 0 Å². The molecule has 0 bridgehead atoms. The molecule has 1 aromatic heterocycles. The van der Waals surface area contributed by atoms with Crippen LogP contribution in [-0.4, -0.2) is 12.0 Å². The molecule has 0 atom stereocenters. The van der Waals surface area contributed by atoms with E-state index in [4.69, 9.17) is 20.8 Å². The zero-order chi connectivity index (χ0) is 20.4. The number of ether oxygens (including phenoxy) is 1. The molecule has 0 fully saturated rings. The van der Waals surface area contributed by atoms with Gasteiger partial charge in [-0.3, -0.25) is 10.1 Å². The number of nitrogens with zero attached hydrogens (tertiary/aromatic N) is 2. The highest BCUT2D eigenvalue weighted by Crippen LogP contribution is 2.28. The fourth-order valence-corrected chi connectivity index (χ4v) is 3.15. The van der Waals surface area contributed by atoms with Crippen LogP contribution in [0.5, 0.6) is 5.75 Å². The van der Waals surface area contributed by atoms with Gasteiger partial charge in [-0.1, -0.05) is 23.7 Å². The summed E-state index contributed by atoms with van der Waals surface area (Å²) in [5, 5.41) is 13.1. The van der Waals surface area contributed by atoms with Gasteiger partial charge in [-0.2, -0.15) is 0 Å². The number of halogens is 1. The molecule has 144 valence electrons. The Bertz CT molecular complexity index is 1280. The van der Waals surface area contributed by atoms with Gasteiger partial charge in [0.2, 0.25) is 0 Å². The Morgan fingerprint density at radius 1 is 1.03 bits per heavy atom. The molecule has 1 heterocycles. The maximum absolute atomic E-state index is 11.4. The molecular formula is C22H15ClN2O4. The second-order valence-electron chi connectivity index (χ2n) is 6.22. The van der Waals surface area contributed by atoms with E-state index in [9.17, 15) is 10.1 Å². The van der Waals surface area contributed by atoms with Gasteiger partial charge in [0, 0.05) is 28.1 Å². The minimum absolute atomic E-state index is 0.0746. The molecule has 3 aromatic carbocycles. The highest BCUT2D eigenvalue weighted by Gasteiger charge is 2.13. The number of methoxy groups -OCH3 is 1. The molecule has 0 saturated carbocycles. The van der Waals surface area contributed by atoms with Crippen molar-refractivity contribution in [3.8, 4) is 17.1 Å². The van der Waals surface area contributed by atoms with Crippen LogP contribution in [0.1, 0.15) is 0 Å². The van der Waals surface area contributed by atoms with E-state index >= 15 is 0 Å². The topological polar surface area (TPSA) is 77.9 Å². The Kier molecular flexibility index (Phi) is 5.01. The summed E-state index contributed by atoms with van der Waals surface area (Å²) in [7, 11) is 1.60. The summed E-state index contributed by atoms with van der Waals surface area (Å²) in [5.74, 6) is 1.30. The van der Waals surface area contributed by atoms with Gasteiger partial charge in [-0.15, -0.1) is 0 Å². The third-order valence-corrected chi connectivity index (χ3v) is 4.63. The second kappa shape index (κ2) is 7.77. The van der Waals surface area contributed by atoms with Crippen molar-refractivity contribution in [2.45, 2.75) is 0 Å². The number of nitro groups is 1. The third kappa shape index (κ3) is 3.83. The zero-order valence-corrected chi connectivity index (χ0v) is 16.1. The second-order valence-corrected chi connectivity index (χ2v) is 6.66. The van der Waals surface area contributed by atoms with E-state index in [1.54, 1.807) is 49.6 Å². The van der Waals surface area contributed by atoms with Crippen molar-refractivity contribution in [3.63, 3.8) is 0 Å². The summed E-state index contributed by atoms with van der Waals surface area (Å²) in [4.78, 5) is 15.5. The van der Waals surface area contributed by atoms with E-state index in [1.807, 2.05) is 24.3 Å². The van der Waals surface area contributed by atoms with Crippen molar-refractivity contribution in [2.24, 2.45) is 4.99 Å². The number of nitro benzene ring substituents is 1. The molecule has 29 heavy (non-hydrogen) atoms. The van der Waals surface area contributed by atoms with Crippen molar-refractivity contribution in [1.29, 1.82) is 0 Å². The van der Waals surface area contributed by atoms with E-state index in [0.717, 1.165) is 11.3 Å². The molecule has 4 aromatic rings. The molecular weight excluding hydrogens is 392 g/mol. The van der Waals surface area contributed by atoms with Crippen LogP contribution in [0.15, 0.2) is 82.2 Å². The van der Waals surface area contributed by atoms with Gasteiger partial charge in [0.15, 0.2) is 0 Å². The average Bonchev–Trinajstić information content (AvgIpc) is 2.74. The number of fused-ring (bicyclic) bond motifs is 1. The monoisotopic (exact) mass is 406 g/mol. The molecule has 6 nitrogen and oxygen atoms in total. The SMILES string of the molecule is COc1ccc(-c2cc(=Nc3ccccc3[N+](=O)[O-])c3cc(Cl)ccc3o2)cc1. The Balaban J connectivity index is 1.99. The van der Waals surface area contributed by atoms with Crippen LogP contribution in [0.25, 0.3) is 22.3 Å². The molecule has 0 aliphatic heterocycles. The molecule has 0 aliphatic rings. The predicted octanol–water partition coefficient (Wildman–Crippen LogP) is 5.90. The largest absolute Gasteiger partial charge is 0.497 e. The van der Waals surface area contributed by atoms with Crippen molar-refractivity contribution in [3.05, 3.63) is 93.3 Å². The molecule has 0 radical (unpaired) electrons. The van der Waals surface area contributed by atoms with Crippen LogP contribution >= 0.6 is 11.6 Å². The van der Waals surface area contributed by atoms with Crippen molar-refractivity contribution < 1.29 is 14.1 Å². The van der Waals surface area contributed by atoms with E-state index in [2.05, 4.69) is 4.99 Å². The van der Waals surface area contributed by atoms with E-state index < -0.39 is 4.92 Å². The van der Waals surface area contributed by atoms with E-state index in [0.29, 0.717) is 27.1 Å². The highest BCUT2D eigenvalue weighted by atomic mass is 35.5. The van der Waals surface area contributed by atoms with Gasteiger partial charge >= 0.3 is 0 Å². The summed E-state index contributed by atoms with van der Waals surface area (Å²) < 4.78 is 11.2. The smallest absolute Gasteiger partial charge is 0.294 e. The van der Waals surface area contributed by atoms with Crippen LogP contribution in [0, 0.1) is 10.1 Å². The maximum Gasteiger partial charge on any atom is 0.294 e. The van der Waals surface area contributed by atoms with Crippen LogP contribution in [0.2, 0.25) is 5.02 Å². The number of hydrogen-bond acceptors (Lipinski definition) is 5. The normalized spacial score (nSPS) is 11.6. The predicted molar refractivity (Wildman–Crippen MR) is 112 cm³/mol. The van der Waals surface area contributed by atoms with Gasteiger partial charge in [-0.05, 0) is 48.5 Å². The Hall–Kier alpha value is -3.64. The minimum atomic E-state index is -0.453. The average molecular weight is 407 g/mol. The lowest BCUT2D eigenvalue weighted by Crippen LogP contribution is -2.04. The molecule has 0 unspecified atom stereocenters. The van der Waals surface area contributed by atoms with Gasteiger partial charge in [0.25, 0.3) is 5.69 Å². The lowest BCUT2D eigenvalue weighted by molar-refractivity contribution is -0.384. The van der Waals surface area contributed by atoms with Crippen LogP contribution in [0.4, 0.5) is 11.4 Å². The summed E-state index contributed by atoms with van der Waals surface area (Å²) in [6.45, 7) is 0. The van der Waals surface area contributed by atoms with Crippen LogP contribution < -0.4 is 10.1 Å². The fourth-order valence-electron chi connectivity index (χ4n) is 2.97. The molecule has 0 saturated heterocycles. The lowest BCUT2D eigenvalue weighted by atomic mass is 10.1. The van der Waals surface area contributed by atoms with Gasteiger partial charge in [-0.25, -0.2) is 4.99 Å². The lowest BCUT2D eigenvalue weighted by Gasteiger charge is -2.07. The Labute approximate surface area is 170 Å². The number of para-hydroxylation sites is 2. The summed E-state index contributed by atoms with van der Waals surface area (Å²) in [6, 6.07) is 20.7. The number of hydrogen-bond donors (Lipinski definition) is 0. The molecule has 0 N–H and O–H groups in total. The first-order chi connectivity index (χ1) is 14.0. The van der Waals surface area contributed by atoms with Crippen molar-refractivity contribution in [2.75, 3.05) is 7.11 Å². The molecule has 0 spiro atoms. The number of rotatable bonds is 4. The van der Waals surface area contributed by atoms with Gasteiger partial charge in [0.1, 0.15) is 22.8 Å². The highest BCUT2D eigenvalue weighted by molar-refractivity contribution is 6.31. The van der Waals surface area contributed by atoms with E-state index in [1.165, 1.54) is 6.07 Å². The number of benzene rings is 3. The Morgan fingerprint density at radius 2 is 1.79 bits per heavy atom. The first-order valence-corrected chi connectivity index (χ1v) is 9.09. The van der Waals surface area contributed by atoms with Gasteiger partial charge in [0.05, 0.1) is 17.4 Å². The zero-order valence-electron chi connectivity index (χ0n) is 15.3. The Morgan fingerprint density at radius 3 is 2.52 bits per heavy atom. The summed E-state index contributed by atoms with van der Waals surface area (Å²) in [6.07, 6.45) is 0. The van der Waals surface area contributed by atoms with Gasteiger partial charge < -0.3 is 9.15 Å². The summed E-state index contributed by atoms with van der Waals surface area (Å²) in [5.41, 5.74) is 1.57. The third-order valence-electron chi connectivity index (χ3n) is 4.40. The first-order valence-electron chi connectivity index (χ1n) is 8.71. The standard InChI is InChI=1S/C22H15ClN2O4/c1-28-16-9-6-14(7-10-16)22-13-19(17-12-15(23)8-11-21(17)29-22)24-18-4-2-3-5-20(18)25(26)27/h2-13H,1H3. The maximum atomic E-state index is 11.4. The minimum Gasteiger partial charge on any atom is -0.497 e. The molecule has 0 aliphatic carbocycles. The molecule has 4 rings (SSSR count). The van der Waals surface area contributed by atoms with Crippen molar-refractivity contribution in [1.82, 2.24) is 0 Å². The molecule has 0 amide bonds. The fraction of sp³-hybridized carbons (Fsp3) is 0.0455. The van der Waals surface area contributed by atoms with Crippen LogP contribution in [0.3, 0.4) is 0 Å². The first kappa shape index (κ1) is 18.7. The summed E-state index contributed by atoms with van der Waals surface area (Å²) >= 11 is 6.16. The quantitative estimate of drug-likeness (QED) is 0.312. The molecule has 7 heteroatoms.